The summed E-state index contributed by atoms with van der Waals surface area (Å²) >= 11 is 7.67. The summed E-state index contributed by atoms with van der Waals surface area (Å²) in [5.74, 6) is 1.46. The van der Waals surface area contributed by atoms with Crippen LogP contribution in [0.5, 0.6) is 0 Å². The van der Waals surface area contributed by atoms with E-state index >= 15 is 0 Å². The second-order valence-corrected chi connectivity index (χ2v) is 5.89. The van der Waals surface area contributed by atoms with Gasteiger partial charge in [0.15, 0.2) is 0 Å². The fourth-order valence-electron chi connectivity index (χ4n) is 2.01. The van der Waals surface area contributed by atoms with Crippen LogP contribution in [-0.2, 0) is 5.75 Å². The van der Waals surface area contributed by atoms with Gasteiger partial charge in [0.05, 0.1) is 10.7 Å². The first kappa shape index (κ1) is 13.4. The third-order valence-electron chi connectivity index (χ3n) is 2.89. The maximum atomic E-state index is 6.09. The second kappa shape index (κ2) is 5.42. The van der Waals surface area contributed by atoms with Gasteiger partial charge in [-0.2, -0.15) is 0 Å². The van der Waals surface area contributed by atoms with Crippen LogP contribution in [0.2, 0.25) is 5.02 Å². The molecule has 6 heteroatoms. The van der Waals surface area contributed by atoms with Crippen molar-refractivity contribution >= 4 is 29.1 Å². The number of pyridine rings is 1. The van der Waals surface area contributed by atoms with Crippen molar-refractivity contribution in [2.45, 2.75) is 24.6 Å². The third kappa shape index (κ3) is 2.64. The number of thioether (sulfide) groups is 1. The van der Waals surface area contributed by atoms with E-state index in [0.29, 0.717) is 5.02 Å². The van der Waals surface area contributed by atoms with Crippen LogP contribution in [0.15, 0.2) is 35.6 Å². The zero-order valence-electron chi connectivity index (χ0n) is 11.2. The predicted molar refractivity (Wildman–Crippen MR) is 81.3 cm³/mol. The fraction of sp³-hybridized carbons (Fsp3) is 0.214. The number of aryl methyl sites for hydroxylation is 2. The van der Waals surface area contributed by atoms with Gasteiger partial charge in [-0.3, -0.25) is 4.40 Å². The Morgan fingerprint density at radius 1 is 1.30 bits per heavy atom. The molecule has 3 aromatic rings. The van der Waals surface area contributed by atoms with Crippen LogP contribution in [0.1, 0.15) is 17.1 Å². The number of rotatable bonds is 3. The molecule has 20 heavy (non-hydrogen) atoms. The van der Waals surface area contributed by atoms with Gasteiger partial charge >= 0.3 is 0 Å². The summed E-state index contributed by atoms with van der Waals surface area (Å²) in [5.41, 5.74) is 3.08. The van der Waals surface area contributed by atoms with Crippen LogP contribution in [0, 0.1) is 13.8 Å². The number of halogens is 1. The van der Waals surface area contributed by atoms with Crippen molar-refractivity contribution in [3.05, 3.63) is 52.7 Å². The molecule has 0 bridgehead atoms. The summed E-state index contributed by atoms with van der Waals surface area (Å²) in [5, 5.41) is 1.50. The molecule has 0 aromatic carbocycles. The van der Waals surface area contributed by atoms with Gasteiger partial charge < -0.3 is 0 Å². The van der Waals surface area contributed by atoms with E-state index < -0.39 is 0 Å². The molecule has 0 saturated carbocycles. The summed E-state index contributed by atoms with van der Waals surface area (Å²) in [7, 11) is 0. The van der Waals surface area contributed by atoms with E-state index in [2.05, 4.69) is 21.9 Å². The van der Waals surface area contributed by atoms with Crippen molar-refractivity contribution in [1.29, 1.82) is 0 Å². The Bertz CT molecular complexity index is 769. The van der Waals surface area contributed by atoms with Crippen molar-refractivity contribution in [1.82, 2.24) is 19.4 Å². The number of fused-ring (bicyclic) bond motifs is 1. The lowest BCUT2D eigenvalue weighted by atomic mass is 10.3. The van der Waals surface area contributed by atoms with Gasteiger partial charge in [-0.25, -0.2) is 15.0 Å². The Kier molecular flexibility index (Phi) is 3.63. The smallest absolute Gasteiger partial charge is 0.234 e. The zero-order chi connectivity index (χ0) is 14.1. The Hall–Kier alpha value is -1.59. The molecule has 0 aliphatic heterocycles. The Labute approximate surface area is 126 Å². The van der Waals surface area contributed by atoms with Crippen LogP contribution < -0.4 is 0 Å². The van der Waals surface area contributed by atoms with Crippen LogP contribution in [0.25, 0.3) is 5.78 Å². The summed E-state index contributed by atoms with van der Waals surface area (Å²) in [6, 6.07) is 5.71. The molecule has 0 aliphatic rings. The molecule has 0 saturated heterocycles. The first-order chi connectivity index (χ1) is 9.63. The molecule has 0 atom stereocenters. The first-order valence-electron chi connectivity index (χ1n) is 6.19. The van der Waals surface area contributed by atoms with Crippen molar-refractivity contribution in [3.63, 3.8) is 0 Å². The van der Waals surface area contributed by atoms with Crippen LogP contribution in [0.4, 0.5) is 0 Å². The molecule has 4 nitrogen and oxygen atoms in total. The number of nitrogens with zero attached hydrogens (tertiary/aromatic N) is 4. The molecule has 3 aromatic heterocycles. The zero-order valence-corrected chi connectivity index (χ0v) is 12.7. The highest BCUT2D eigenvalue weighted by Gasteiger charge is 2.08. The number of aromatic nitrogens is 4. The van der Waals surface area contributed by atoms with Crippen LogP contribution in [0.3, 0.4) is 0 Å². The Balaban J connectivity index is 1.85. The minimum atomic E-state index is 0.673. The molecule has 0 spiro atoms. The van der Waals surface area contributed by atoms with Crippen molar-refractivity contribution in [3.8, 4) is 0 Å². The Morgan fingerprint density at radius 3 is 2.95 bits per heavy atom. The molecular formula is C14H13ClN4S. The fourth-order valence-corrected chi connectivity index (χ4v) is 3.06. The van der Waals surface area contributed by atoms with Crippen LogP contribution >= 0.6 is 23.4 Å². The normalized spacial score (nSPS) is 11.2. The third-order valence-corrected chi connectivity index (χ3v) is 4.35. The lowest BCUT2D eigenvalue weighted by Crippen LogP contribution is -1.94. The number of hydrogen-bond acceptors (Lipinski definition) is 4. The molecule has 0 aliphatic carbocycles. The minimum absolute atomic E-state index is 0.673. The van der Waals surface area contributed by atoms with Crippen molar-refractivity contribution < 1.29 is 0 Å². The molecule has 102 valence electrons. The highest BCUT2D eigenvalue weighted by molar-refractivity contribution is 7.98. The average molecular weight is 305 g/mol. The monoisotopic (exact) mass is 304 g/mol. The van der Waals surface area contributed by atoms with Gasteiger partial charge in [0.1, 0.15) is 5.03 Å². The van der Waals surface area contributed by atoms with E-state index in [-0.39, 0.29) is 0 Å². The van der Waals surface area contributed by atoms with Crippen LogP contribution in [-0.4, -0.2) is 19.4 Å². The summed E-state index contributed by atoms with van der Waals surface area (Å²) < 4.78 is 2.00. The first-order valence-corrected chi connectivity index (χ1v) is 7.55. The van der Waals surface area contributed by atoms with E-state index in [9.17, 15) is 0 Å². The largest absolute Gasteiger partial charge is 0.288 e. The van der Waals surface area contributed by atoms with E-state index in [0.717, 1.165) is 33.6 Å². The molecule has 0 fully saturated rings. The van der Waals surface area contributed by atoms with Gasteiger partial charge in [0.2, 0.25) is 5.78 Å². The number of hydrogen-bond donors (Lipinski definition) is 0. The SMILES string of the molecule is Cc1cc(C)n2cc(CSc3ncccc3Cl)nc2n1. The summed E-state index contributed by atoms with van der Waals surface area (Å²) in [4.78, 5) is 13.2. The molecular weight excluding hydrogens is 292 g/mol. The molecule has 0 amide bonds. The standard InChI is InChI=1S/C14H13ClN4S/c1-9-6-10(2)19-7-11(18-14(19)17-9)8-20-13-12(15)4-3-5-16-13/h3-7H,8H2,1-2H3. The van der Waals surface area contributed by atoms with Gasteiger partial charge in [0, 0.05) is 29.5 Å². The maximum absolute atomic E-state index is 6.09. The summed E-state index contributed by atoms with van der Waals surface area (Å²) in [6.45, 7) is 4.03. The topological polar surface area (TPSA) is 43.1 Å². The minimum Gasteiger partial charge on any atom is -0.288 e. The van der Waals surface area contributed by atoms with Gasteiger partial charge in [-0.05, 0) is 32.0 Å². The molecule has 0 N–H and O–H groups in total. The number of imidazole rings is 1. The molecule has 0 unspecified atom stereocenters. The molecule has 0 radical (unpaired) electrons. The van der Waals surface area contributed by atoms with E-state index in [1.54, 1.807) is 18.0 Å². The van der Waals surface area contributed by atoms with E-state index in [4.69, 9.17) is 11.6 Å². The molecule has 3 heterocycles. The Morgan fingerprint density at radius 2 is 2.15 bits per heavy atom. The summed E-state index contributed by atoms with van der Waals surface area (Å²) in [6.07, 6.45) is 3.76. The highest BCUT2D eigenvalue weighted by Crippen LogP contribution is 2.27. The predicted octanol–water partition coefficient (Wildman–Crippen LogP) is 3.69. The quantitative estimate of drug-likeness (QED) is 0.692. The van der Waals surface area contributed by atoms with Crippen molar-refractivity contribution in [2.75, 3.05) is 0 Å². The van der Waals surface area contributed by atoms with Gasteiger partial charge in [0.25, 0.3) is 0 Å². The average Bonchev–Trinajstić information content (AvgIpc) is 2.81. The van der Waals surface area contributed by atoms with Gasteiger partial charge in [-0.1, -0.05) is 23.4 Å². The van der Waals surface area contributed by atoms with Crippen molar-refractivity contribution in [2.24, 2.45) is 0 Å². The van der Waals surface area contributed by atoms with E-state index in [1.165, 1.54) is 0 Å². The highest BCUT2D eigenvalue weighted by atomic mass is 35.5. The lowest BCUT2D eigenvalue weighted by molar-refractivity contribution is 1.01. The van der Waals surface area contributed by atoms with Gasteiger partial charge in [-0.15, -0.1) is 0 Å². The maximum Gasteiger partial charge on any atom is 0.234 e. The lowest BCUT2D eigenvalue weighted by Gasteiger charge is -2.00. The second-order valence-electron chi connectivity index (χ2n) is 4.52. The molecule has 3 rings (SSSR count). The van der Waals surface area contributed by atoms with E-state index in [1.807, 2.05) is 35.7 Å².